The highest BCUT2D eigenvalue weighted by molar-refractivity contribution is 5.87. The van der Waals surface area contributed by atoms with E-state index in [1.54, 1.807) is 6.07 Å². The number of alkyl halides is 3. The Labute approximate surface area is 138 Å². The van der Waals surface area contributed by atoms with Crippen LogP contribution >= 0.6 is 0 Å². The third-order valence-corrected chi connectivity index (χ3v) is 4.07. The summed E-state index contributed by atoms with van der Waals surface area (Å²) in [5.41, 5.74) is -0.657. The van der Waals surface area contributed by atoms with Gasteiger partial charge in [-0.1, -0.05) is 0 Å². The van der Waals surface area contributed by atoms with E-state index >= 15 is 0 Å². The Hall–Kier alpha value is -3.00. The second kappa shape index (κ2) is 5.52. The average Bonchev–Trinajstić information content (AvgIpc) is 3.10. The molecule has 1 aliphatic heterocycles. The SMILES string of the molecule is N#Cc1cc(C(F)(F)F)cc2c1nc(N1CCNCC1)c1nnnn12. The van der Waals surface area contributed by atoms with Gasteiger partial charge in [0.2, 0.25) is 5.65 Å². The lowest BCUT2D eigenvalue weighted by molar-refractivity contribution is -0.137. The molecule has 4 rings (SSSR count). The van der Waals surface area contributed by atoms with Gasteiger partial charge in [0, 0.05) is 26.2 Å². The number of fused-ring (bicyclic) bond motifs is 3. The fraction of sp³-hybridized carbons (Fsp3) is 0.357. The predicted octanol–water partition coefficient (Wildman–Crippen LogP) is 0.973. The maximum atomic E-state index is 13.1. The van der Waals surface area contributed by atoms with Crippen molar-refractivity contribution in [1.82, 2.24) is 30.3 Å². The average molecular weight is 348 g/mol. The number of nitrogens with zero attached hydrogens (tertiary/aromatic N) is 7. The highest BCUT2D eigenvalue weighted by atomic mass is 19.4. The first kappa shape index (κ1) is 15.5. The molecule has 0 bridgehead atoms. The Morgan fingerprint density at radius 3 is 2.64 bits per heavy atom. The van der Waals surface area contributed by atoms with Crippen molar-refractivity contribution >= 4 is 22.5 Å². The summed E-state index contributed by atoms with van der Waals surface area (Å²) in [4.78, 5) is 6.38. The number of tetrazole rings is 1. The minimum atomic E-state index is -4.59. The molecule has 8 nitrogen and oxygen atoms in total. The topological polar surface area (TPSA) is 95.0 Å². The number of halogens is 3. The molecule has 1 aliphatic rings. The number of rotatable bonds is 1. The Morgan fingerprint density at radius 2 is 1.96 bits per heavy atom. The summed E-state index contributed by atoms with van der Waals surface area (Å²) in [7, 11) is 0. The molecule has 0 amide bonds. The standard InChI is InChI=1S/C14H11F3N8/c15-14(16,17)9-5-8(7-18)11-10(6-9)25-13(21-22-23-25)12(20-11)24-3-1-19-2-4-24/h5-6,19H,1-4H2. The van der Waals surface area contributed by atoms with Gasteiger partial charge in [-0.15, -0.1) is 5.10 Å². The van der Waals surface area contributed by atoms with Gasteiger partial charge < -0.3 is 10.2 Å². The summed E-state index contributed by atoms with van der Waals surface area (Å²) in [6.07, 6.45) is -4.59. The van der Waals surface area contributed by atoms with Gasteiger partial charge in [0.1, 0.15) is 11.6 Å². The Bertz CT molecular complexity index is 997. The normalized spacial score (nSPS) is 15.7. The molecule has 0 unspecified atom stereocenters. The van der Waals surface area contributed by atoms with Crippen molar-refractivity contribution in [3.8, 4) is 6.07 Å². The highest BCUT2D eigenvalue weighted by Crippen LogP contribution is 2.34. The maximum Gasteiger partial charge on any atom is 0.416 e. The van der Waals surface area contributed by atoms with Gasteiger partial charge in [-0.3, -0.25) is 0 Å². The molecular weight excluding hydrogens is 337 g/mol. The van der Waals surface area contributed by atoms with Crippen molar-refractivity contribution in [2.24, 2.45) is 0 Å². The van der Waals surface area contributed by atoms with Crippen molar-refractivity contribution in [2.45, 2.75) is 6.18 Å². The molecule has 0 spiro atoms. The smallest absolute Gasteiger partial charge is 0.351 e. The number of benzene rings is 1. The molecular formula is C14H11F3N8. The molecule has 11 heteroatoms. The van der Waals surface area contributed by atoms with Crippen LogP contribution in [0.2, 0.25) is 0 Å². The number of hydrogen-bond donors (Lipinski definition) is 1. The van der Waals surface area contributed by atoms with Gasteiger partial charge in [0.05, 0.1) is 16.6 Å². The van der Waals surface area contributed by atoms with E-state index in [4.69, 9.17) is 0 Å². The molecule has 3 aromatic rings. The van der Waals surface area contributed by atoms with E-state index < -0.39 is 11.7 Å². The third-order valence-electron chi connectivity index (χ3n) is 4.07. The number of nitrogens with one attached hydrogen (secondary N) is 1. The van der Waals surface area contributed by atoms with Gasteiger partial charge in [-0.25, -0.2) is 4.98 Å². The van der Waals surface area contributed by atoms with Crippen LogP contribution in [0.15, 0.2) is 12.1 Å². The number of nitriles is 1. The molecule has 0 saturated carbocycles. The zero-order chi connectivity index (χ0) is 17.6. The number of hydrogen-bond acceptors (Lipinski definition) is 7. The predicted molar refractivity (Wildman–Crippen MR) is 80.9 cm³/mol. The second-order valence-corrected chi connectivity index (χ2v) is 5.59. The van der Waals surface area contributed by atoms with Crippen molar-refractivity contribution in [3.63, 3.8) is 0 Å². The summed E-state index contributed by atoms with van der Waals surface area (Å²) in [5.74, 6) is 0.454. The molecule has 3 heterocycles. The lowest BCUT2D eigenvalue weighted by atomic mass is 10.1. The van der Waals surface area contributed by atoms with Gasteiger partial charge in [0.15, 0.2) is 5.82 Å². The summed E-state index contributed by atoms with van der Waals surface area (Å²) in [6.45, 7) is 2.80. The van der Waals surface area contributed by atoms with E-state index in [-0.39, 0.29) is 22.2 Å². The molecule has 25 heavy (non-hydrogen) atoms. The van der Waals surface area contributed by atoms with Crippen molar-refractivity contribution < 1.29 is 13.2 Å². The van der Waals surface area contributed by atoms with Crippen LogP contribution in [0.5, 0.6) is 0 Å². The largest absolute Gasteiger partial charge is 0.416 e. The second-order valence-electron chi connectivity index (χ2n) is 5.59. The number of aromatic nitrogens is 5. The quantitative estimate of drug-likeness (QED) is 0.700. The highest BCUT2D eigenvalue weighted by Gasteiger charge is 2.32. The summed E-state index contributed by atoms with van der Waals surface area (Å²) >= 11 is 0. The Balaban J connectivity index is 2.04. The van der Waals surface area contributed by atoms with Crippen LogP contribution in [0.3, 0.4) is 0 Å². The Morgan fingerprint density at radius 1 is 1.20 bits per heavy atom. The fourth-order valence-corrected chi connectivity index (χ4v) is 2.88. The molecule has 0 aliphatic carbocycles. The van der Waals surface area contributed by atoms with Crippen LogP contribution in [-0.2, 0) is 6.18 Å². The lowest BCUT2D eigenvalue weighted by Gasteiger charge is -2.28. The van der Waals surface area contributed by atoms with Gasteiger partial charge in [-0.05, 0) is 22.6 Å². The summed E-state index contributed by atoms with van der Waals surface area (Å²) < 4.78 is 40.6. The van der Waals surface area contributed by atoms with Crippen LogP contribution in [0.4, 0.5) is 19.0 Å². The summed E-state index contributed by atoms with van der Waals surface area (Å²) in [6, 6.07) is 3.50. The molecule has 128 valence electrons. The van der Waals surface area contributed by atoms with Crippen molar-refractivity contribution in [2.75, 3.05) is 31.1 Å². The minimum Gasteiger partial charge on any atom is -0.351 e. The van der Waals surface area contributed by atoms with Crippen molar-refractivity contribution in [3.05, 3.63) is 23.3 Å². The molecule has 1 aromatic carbocycles. The minimum absolute atomic E-state index is 0.0465. The van der Waals surface area contributed by atoms with E-state index in [9.17, 15) is 18.4 Å². The van der Waals surface area contributed by atoms with Crippen LogP contribution in [0.1, 0.15) is 11.1 Å². The monoisotopic (exact) mass is 348 g/mol. The summed E-state index contributed by atoms with van der Waals surface area (Å²) in [5, 5.41) is 23.8. The molecule has 1 saturated heterocycles. The van der Waals surface area contributed by atoms with Crippen LogP contribution in [0, 0.1) is 11.3 Å². The first-order valence-corrected chi connectivity index (χ1v) is 7.48. The van der Waals surface area contributed by atoms with Gasteiger partial charge in [0.25, 0.3) is 0 Å². The van der Waals surface area contributed by atoms with Crippen LogP contribution in [-0.4, -0.2) is 51.2 Å². The van der Waals surface area contributed by atoms with Crippen LogP contribution < -0.4 is 10.2 Å². The third kappa shape index (κ3) is 2.51. The molecule has 1 fully saturated rings. The molecule has 2 aromatic heterocycles. The van der Waals surface area contributed by atoms with Gasteiger partial charge >= 0.3 is 6.18 Å². The van der Waals surface area contributed by atoms with E-state index in [0.717, 1.165) is 25.2 Å². The molecule has 0 radical (unpaired) electrons. The van der Waals surface area contributed by atoms with Gasteiger partial charge in [-0.2, -0.15) is 22.9 Å². The van der Waals surface area contributed by atoms with E-state index in [1.165, 1.54) is 4.52 Å². The maximum absolute atomic E-state index is 13.1. The molecule has 0 atom stereocenters. The molecule has 1 N–H and O–H groups in total. The zero-order valence-electron chi connectivity index (χ0n) is 12.7. The first-order chi connectivity index (χ1) is 12.0. The Kier molecular flexibility index (Phi) is 3.43. The van der Waals surface area contributed by atoms with E-state index in [1.807, 2.05) is 4.90 Å². The van der Waals surface area contributed by atoms with E-state index in [0.29, 0.717) is 18.9 Å². The lowest BCUT2D eigenvalue weighted by Crippen LogP contribution is -2.44. The zero-order valence-corrected chi connectivity index (χ0v) is 12.7. The number of piperazine rings is 1. The van der Waals surface area contributed by atoms with Crippen LogP contribution in [0.25, 0.3) is 16.7 Å². The fourth-order valence-electron chi connectivity index (χ4n) is 2.88. The number of anilines is 1. The first-order valence-electron chi connectivity index (χ1n) is 7.48. The van der Waals surface area contributed by atoms with E-state index in [2.05, 4.69) is 25.8 Å². The van der Waals surface area contributed by atoms with Crippen molar-refractivity contribution in [1.29, 1.82) is 5.26 Å².